The van der Waals surface area contributed by atoms with Crippen LogP contribution in [0.5, 0.6) is 34.5 Å². The van der Waals surface area contributed by atoms with Crippen LogP contribution in [0.3, 0.4) is 0 Å². The minimum atomic E-state index is -0.512. The number of rotatable bonds is 51. The number of methoxy groups -OCH3 is 6. The van der Waals surface area contributed by atoms with Crippen LogP contribution >= 0.6 is 0 Å². The van der Waals surface area contributed by atoms with Gasteiger partial charge in [0, 0.05) is 18.7 Å². The first kappa shape index (κ1) is 74.3. The van der Waals surface area contributed by atoms with E-state index < -0.39 is 12.0 Å². The number of carbonyl (C=O) groups excluding carboxylic acids is 2. The molecule has 4 aromatic carbocycles. The predicted molar refractivity (Wildman–Crippen MR) is 342 cm³/mol. The van der Waals surface area contributed by atoms with Gasteiger partial charge in [-0.25, -0.2) is 4.79 Å². The minimum absolute atomic E-state index is 0.0667. The molecule has 93 heavy (non-hydrogen) atoms. The second kappa shape index (κ2) is 44.7. The third-order valence-electron chi connectivity index (χ3n) is 13.7. The number of aryl methyl sites for hydroxylation is 1. The third kappa shape index (κ3) is 27.8. The standard InChI is InChI=1S/C65H91N7O21/c1-76-50-12-7-47(8-13-50)43-67-64-70-63(71-65(72-64)68-44-48-9-14-51(77-2)15-10-48)66-19-20-93-59(75)46-92-40-38-90-36-34-88-32-30-86-28-26-84-24-22-82-21-23-83-25-27-85-29-31-87-33-35-89-37-39-91-45-58(74)69-54-17-11-49-41-57(79-4)61(80-5)62(81-6)60(49)52-16-18-56(78-3)55(73)42-53(52)54/h7-10,12-16,18,41-42,54H,11,17,19-40,43-46H2,1-6H3,(H,69,74)(H3,66,67,68,70,71,72)/t54-/m0/s1. The molecular weight excluding hydrogens is 1210 g/mol. The fraction of sp³-hybridized carbons (Fsp3) is 0.538. The van der Waals surface area contributed by atoms with Crippen LogP contribution < -0.4 is 55.1 Å². The molecule has 0 saturated carbocycles. The van der Waals surface area contributed by atoms with E-state index in [2.05, 4.69) is 36.2 Å². The molecule has 1 aliphatic rings. The van der Waals surface area contributed by atoms with Crippen LogP contribution in [-0.2, 0) is 85.9 Å². The van der Waals surface area contributed by atoms with Gasteiger partial charge in [0.2, 0.25) is 34.9 Å². The van der Waals surface area contributed by atoms with Crippen molar-refractivity contribution in [2.24, 2.45) is 0 Å². The number of amides is 1. The largest absolute Gasteiger partial charge is 0.497 e. The molecule has 28 heteroatoms. The van der Waals surface area contributed by atoms with E-state index >= 15 is 0 Å². The van der Waals surface area contributed by atoms with Crippen molar-refractivity contribution in [3.05, 3.63) is 105 Å². The summed E-state index contributed by atoms with van der Waals surface area (Å²) in [7, 11) is 9.32. The Labute approximate surface area is 543 Å². The number of fused-ring (bicyclic) bond motifs is 3. The van der Waals surface area contributed by atoms with Gasteiger partial charge in [0.05, 0.1) is 187 Å². The van der Waals surface area contributed by atoms with Gasteiger partial charge in [0.15, 0.2) is 17.2 Å². The van der Waals surface area contributed by atoms with Gasteiger partial charge in [-0.2, -0.15) is 15.0 Å². The van der Waals surface area contributed by atoms with Crippen molar-refractivity contribution in [3.8, 4) is 45.6 Å². The Morgan fingerprint density at radius 3 is 1.28 bits per heavy atom. The number of hydrogen-bond acceptors (Lipinski definition) is 27. The molecule has 1 amide bonds. The molecule has 0 radical (unpaired) electrons. The lowest BCUT2D eigenvalue weighted by molar-refractivity contribution is -0.149. The number of benzene rings is 3. The summed E-state index contributed by atoms with van der Waals surface area (Å²) >= 11 is 0. The number of aromatic nitrogens is 3. The number of anilines is 3. The second-order valence-electron chi connectivity index (χ2n) is 20.1. The quantitative estimate of drug-likeness (QED) is 0.0290. The van der Waals surface area contributed by atoms with Gasteiger partial charge in [-0.1, -0.05) is 30.3 Å². The molecule has 4 N–H and O–H groups in total. The average Bonchev–Trinajstić information content (AvgIpc) is 1.70. The number of nitrogens with zero attached hydrogens (tertiary/aromatic N) is 3. The Morgan fingerprint density at radius 1 is 0.441 bits per heavy atom. The Balaban J connectivity index is 0.660. The Hall–Kier alpha value is -7.74. The zero-order valence-electron chi connectivity index (χ0n) is 54.2. The highest BCUT2D eigenvalue weighted by molar-refractivity contribution is 5.84. The van der Waals surface area contributed by atoms with Gasteiger partial charge < -0.3 is 107 Å². The summed E-state index contributed by atoms with van der Waals surface area (Å²) in [4.78, 5) is 52.1. The molecule has 28 nitrogen and oxygen atoms in total. The van der Waals surface area contributed by atoms with E-state index in [0.717, 1.165) is 33.8 Å². The van der Waals surface area contributed by atoms with Crippen molar-refractivity contribution in [1.82, 2.24) is 20.3 Å². The van der Waals surface area contributed by atoms with E-state index in [1.165, 1.54) is 20.3 Å². The van der Waals surface area contributed by atoms with Crippen LogP contribution in [0.25, 0.3) is 11.1 Å². The zero-order valence-corrected chi connectivity index (χ0v) is 54.2. The first-order valence-corrected chi connectivity index (χ1v) is 30.7. The van der Waals surface area contributed by atoms with Crippen molar-refractivity contribution in [2.75, 3.05) is 217 Å². The summed E-state index contributed by atoms with van der Waals surface area (Å²) in [5.74, 6) is 3.26. The molecule has 1 aromatic heterocycles. The minimum Gasteiger partial charge on any atom is -0.497 e. The van der Waals surface area contributed by atoms with Crippen molar-refractivity contribution >= 4 is 29.7 Å². The summed E-state index contributed by atoms with van der Waals surface area (Å²) in [6.07, 6.45) is 1.05. The molecule has 0 spiro atoms. The highest BCUT2D eigenvalue weighted by atomic mass is 16.6. The highest BCUT2D eigenvalue weighted by Crippen LogP contribution is 2.50. The third-order valence-corrected chi connectivity index (χ3v) is 13.7. The van der Waals surface area contributed by atoms with Gasteiger partial charge in [-0.15, -0.1) is 0 Å². The SMILES string of the molecule is COc1ccc(CNc2nc(NCCOC(=O)COCCOCCOCCOCCOCCOCCOCCOCCOCCOCCOCC(=O)N[C@H]3CCc4cc(OC)c(OC)c(OC)c4-c4ccc(OC)c(=O)cc43)nc(NCc3ccc(OC)cc3)n2)cc1. The maximum absolute atomic E-state index is 13.2. The molecule has 0 bridgehead atoms. The first-order valence-electron chi connectivity index (χ1n) is 30.7. The Morgan fingerprint density at radius 2 is 0.860 bits per heavy atom. The molecule has 0 saturated heterocycles. The summed E-state index contributed by atoms with van der Waals surface area (Å²) in [6.45, 7) is 8.41. The second-order valence-corrected chi connectivity index (χ2v) is 20.1. The number of ether oxygens (including phenoxy) is 18. The van der Waals surface area contributed by atoms with Crippen LogP contribution in [-0.4, -0.2) is 228 Å². The number of hydrogen-bond donors (Lipinski definition) is 4. The number of carbonyl (C=O) groups is 2. The van der Waals surface area contributed by atoms with Gasteiger partial charge in [0.1, 0.15) is 31.3 Å². The molecule has 0 aliphatic heterocycles. The van der Waals surface area contributed by atoms with Crippen molar-refractivity contribution in [2.45, 2.75) is 32.0 Å². The highest BCUT2D eigenvalue weighted by Gasteiger charge is 2.30. The van der Waals surface area contributed by atoms with E-state index in [9.17, 15) is 14.4 Å². The topological polar surface area (TPSA) is 304 Å². The van der Waals surface area contributed by atoms with E-state index in [-0.39, 0.29) is 63.3 Å². The molecule has 0 unspecified atom stereocenters. The van der Waals surface area contributed by atoms with E-state index in [1.807, 2.05) is 54.6 Å². The van der Waals surface area contributed by atoms with Gasteiger partial charge in [-0.05, 0) is 83.1 Å². The molecule has 6 rings (SSSR count). The summed E-state index contributed by atoms with van der Waals surface area (Å²) in [5, 5.41) is 12.6. The van der Waals surface area contributed by atoms with Crippen molar-refractivity contribution in [1.29, 1.82) is 0 Å². The zero-order chi connectivity index (χ0) is 65.9. The molecule has 1 heterocycles. The summed E-state index contributed by atoms with van der Waals surface area (Å²) < 4.78 is 99.3. The number of esters is 1. The van der Waals surface area contributed by atoms with Gasteiger partial charge >= 0.3 is 5.97 Å². The monoisotopic (exact) mass is 1310 g/mol. The smallest absolute Gasteiger partial charge is 0.332 e. The fourth-order valence-electron chi connectivity index (χ4n) is 9.10. The Bertz CT molecular complexity index is 2920. The summed E-state index contributed by atoms with van der Waals surface area (Å²) in [6, 6.07) is 21.6. The van der Waals surface area contributed by atoms with E-state index in [1.54, 1.807) is 40.6 Å². The van der Waals surface area contributed by atoms with Crippen LogP contribution in [0.4, 0.5) is 17.8 Å². The molecule has 0 fully saturated rings. The normalized spacial score (nSPS) is 12.4. The maximum atomic E-state index is 13.2. The maximum Gasteiger partial charge on any atom is 0.332 e. The van der Waals surface area contributed by atoms with Crippen LogP contribution in [0, 0.1) is 0 Å². The van der Waals surface area contributed by atoms with Crippen LogP contribution in [0.2, 0.25) is 0 Å². The lowest BCUT2D eigenvalue weighted by Gasteiger charge is -2.20. The van der Waals surface area contributed by atoms with E-state index in [4.69, 9.17) is 85.3 Å². The number of nitrogens with one attached hydrogen (secondary N) is 4. The lowest BCUT2D eigenvalue weighted by Crippen LogP contribution is -2.32. The van der Waals surface area contributed by atoms with Gasteiger partial charge in [0.25, 0.3) is 0 Å². The Kier molecular flexibility index (Phi) is 35.7. The first-order chi connectivity index (χ1) is 45.7. The molecule has 5 aromatic rings. The van der Waals surface area contributed by atoms with Crippen LogP contribution in [0.1, 0.15) is 34.7 Å². The van der Waals surface area contributed by atoms with Crippen LogP contribution in [0.15, 0.2) is 77.6 Å². The molecule has 1 atom stereocenters. The molecule has 512 valence electrons. The van der Waals surface area contributed by atoms with Crippen molar-refractivity contribution in [3.63, 3.8) is 0 Å². The fourth-order valence-corrected chi connectivity index (χ4v) is 9.10. The predicted octanol–water partition coefficient (Wildman–Crippen LogP) is 5.12. The average molecular weight is 1310 g/mol. The van der Waals surface area contributed by atoms with Gasteiger partial charge in [-0.3, -0.25) is 9.59 Å². The van der Waals surface area contributed by atoms with Crippen molar-refractivity contribution < 1.29 is 94.9 Å². The summed E-state index contributed by atoms with van der Waals surface area (Å²) in [5.41, 5.74) is 4.67. The molecular formula is C65H91N7O21. The lowest BCUT2D eigenvalue weighted by atomic mass is 9.95. The van der Waals surface area contributed by atoms with E-state index in [0.29, 0.717) is 184 Å². The molecule has 1 aliphatic carbocycles.